The summed E-state index contributed by atoms with van der Waals surface area (Å²) in [6, 6.07) is 11.7. The maximum atomic E-state index is 11.5. The van der Waals surface area contributed by atoms with Crippen molar-refractivity contribution in [2.24, 2.45) is 0 Å². The Morgan fingerprint density at radius 3 is 2.78 bits per heavy atom. The van der Waals surface area contributed by atoms with Crippen molar-refractivity contribution < 1.29 is 0 Å². The van der Waals surface area contributed by atoms with Crippen LogP contribution in [0, 0.1) is 18.3 Å². The minimum Gasteiger partial charge on any atom is -0.267 e. The predicted molar refractivity (Wildman–Crippen MR) is 86.8 cm³/mol. The molecule has 0 radical (unpaired) electrons. The molecule has 2 heterocycles. The minimum atomic E-state index is -0.473. The van der Waals surface area contributed by atoms with E-state index in [0.29, 0.717) is 11.3 Å². The van der Waals surface area contributed by atoms with E-state index in [0.717, 1.165) is 11.3 Å². The number of benzene rings is 1. The van der Waals surface area contributed by atoms with Crippen molar-refractivity contribution in [3.05, 3.63) is 75.5 Å². The van der Waals surface area contributed by atoms with Gasteiger partial charge in [0.25, 0.3) is 5.56 Å². The average molecular weight is 303 g/mol. The molecule has 3 aromatic rings. The van der Waals surface area contributed by atoms with Gasteiger partial charge in [0.1, 0.15) is 11.6 Å². The fraction of sp³-hybridized carbons (Fsp3) is 0.0588. The van der Waals surface area contributed by atoms with Gasteiger partial charge in [0.05, 0.1) is 17.6 Å². The third-order valence-corrected chi connectivity index (χ3v) is 3.43. The van der Waals surface area contributed by atoms with Crippen molar-refractivity contribution in [2.75, 3.05) is 0 Å². The van der Waals surface area contributed by atoms with E-state index >= 15 is 0 Å². The lowest BCUT2D eigenvalue weighted by Gasteiger charge is -1.99. The Morgan fingerprint density at radius 2 is 2.04 bits per heavy atom. The van der Waals surface area contributed by atoms with Crippen LogP contribution in [0.4, 0.5) is 0 Å². The van der Waals surface area contributed by atoms with E-state index < -0.39 is 5.56 Å². The molecule has 23 heavy (non-hydrogen) atoms. The maximum absolute atomic E-state index is 11.5. The van der Waals surface area contributed by atoms with Crippen molar-refractivity contribution >= 4 is 12.2 Å². The van der Waals surface area contributed by atoms with Crippen molar-refractivity contribution in [1.82, 2.24) is 20.0 Å². The molecule has 112 valence electrons. The van der Waals surface area contributed by atoms with Gasteiger partial charge in [0.2, 0.25) is 0 Å². The van der Waals surface area contributed by atoms with Crippen molar-refractivity contribution in [3.8, 4) is 11.8 Å². The molecule has 0 unspecified atom stereocenters. The molecule has 0 aliphatic rings. The summed E-state index contributed by atoms with van der Waals surface area (Å²) in [5, 5.41) is 19.6. The van der Waals surface area contributed by atoms with Crippen LogP contribution in [0.1, 0.15) is 22.4 Å². The number of H-pyrrole nitrogens is 1. The maximum Gasteiger partial charge on any atom is 0.282 e. The SMILES string of the molecule is Cc1c(/C=C/c2cnn(-c3ccccc3)c2)n[nH]c(=O)c1C#N. The zero-order chi connectivity index (χ0) is 16.2. The Labute approximate surface area is 132 Å². The van der Waals surface area contributed by atoms with Crippen LogP contribution in [0.3, 0.4) is 0 Å². The van der Waals surface area contributed by atoms with Gasteiger partial charge in [0.15, 0.2) is 0 Å². The monoisotopic (exact) mass is 303 g/mol. The van der Waals surface area contributed by atoms with Crippen molar-refractivity contribution in [2.45, 2.75) is 6.92 Å². The Kier molecular flexibility index (Phi) is 3.85. The molecule has 0 aliphatic carbocycles. The van der Waals surface area contributed by atoms with Crippen LogP contribution >= 0.6 is 0 Å². The van der Waals surface area contributed by atoms with Crippen LogP contribution in [0.25, 0.3) is 17.8 Å². The van der Waals surface area contributed by atoms with Gasteiger partial charge in [0, 0.05) is 11.8 Å². The van der Waals surface area contributed by atoms with Crippen LogP contribution in [0.15, 0.2) is 47.5 Å². The second-order valence-electron chi connectivity index (χ2n) is 4.94. The third kappa shape index (κ3) is 2.94. The van der Waals surface area contributed by atoms with Gasteiger partial charge >= 0.3 is 0 Å². The Hall–Kier alpha value is -3.46. The van der Waals surface area contributed by atoms with Crippen LogP contribution < -0.4 is 5.56 Å². The molecule has 0 spiro atoms. The Morgan fingerprint density at radius 1 is 1.26 bits per heavy atom. The zero-order valence-corrected chi connectivity index (χ0v) is 12.4. The lowest BCUT2D eigenvalue weighted by Crippen LogP contribution is -2.15. The largest absolute Gasteiger partial charge is 0.282 e. The summed E-state index contributed by atoms with van der Waals surface area (Å²) in [6.45, 7) is 1.70. The minimum absolute atomic E-state index is 0.0830. The molecule has 0 aliphatic heterocycles. The molecular formula is C17H13N5O. The van der Waals surface area contributed by atoms with Crippen LogP contribution in [0.2, 0.25) is 0 Å². The van der Waals surface area contributed by atoms with Gasteiger partial charge in [-0.3, -0.25) is 4.79 Å². The fourth-order valence-electron chi connectivity index (χ4n) is 2.17. The van der Waals surface area contributed by atoms with Crippen molar-refractivity contribution in [1.29, 1.82) is 5.26 Å². The molecular weight excluding hydrogens is 290 g/mol. The first-order valence-corrected chi connectivity index (χ1v) is 6.96. The number of nitriles is 1. The van der Waals surface area contributed by atoms with E-state index in [-0.39, 0.29) is 5.56 Å². The van der Waals surface area contributed by atoms with Crippen LogP contribution in [-0.4, -0.2) is 20.0 Å². The predicted octanol–water partition coefficient (Wildman–Crippen LogP) is 2.31. The second kappa shape index (κ2) is 6.12. The first-order valence-electron chi connectivity index (χ1n) is 6.96. The van der Waals surface area contributed by atoms with Crippen LogP contribution in [-0.2, 0) is 0 Å². The van der Waals surface area contributed by atoms with E-state index in [2.05, 4.69) is 15.3 Å². The first-order chi connectivity index (χ1) is 11.2. The Balaban J connectivity index is 1.89. The number of rotatable bonds is 3. The molecule has 1 N–H and O–H groups in total. The molecule has 0 atom stereocenters. The number of aromatic amines is 1. The highest BCUT2D eigenvalue weighted by Crippen LogP contribution is 2.12. The lowest BCUT2D eigenvalue weighted by molar-refractivity contribution is 0.880. The van der Waals surface area contributed by atoms with Gasteiger partial charge in [-0.15, -0.1) is 0 Å². The van der Waals surface area contributed by atoms with E-state index in [1.807, 2.05) is 48.7 Å². The first kappa shape index (κ1) is 14.5. The summed E-state index contributed by atoms with van der Waals surface area (Å²) in [7, 11) is 0. The number of hydrogen-bond acceptors (Lipinski definition) is 4. The highest BCUT2D eigenvalue weighted by Gasteiger charge is 2.07. The van der Waals surface area contributed by atoms with E-state index in [1.165, 1.54) is 0 Å². The molecule has 0 saturated carbocycles. The topological polar surface area (TPSA) is 87.4 Å². The summed E-state index contributed by atoms with van der Waals surface area (Å²) < 4.78 is 1.77. The fourth-order valence-corrected chi connectivity index (χ4v) is 2.17. The molecule has 0 saturated heterocycles. The molecule has 1 aromatic carbocycles. The van der Waals surface area contributed by atoms with Gasteiger partial charge in [-0.1, -0.05) is 18.2 Å². The molecule has 0 bridgehead atoms. The molecule has 6 nitrogen and oxygen atoms in total. The van der Waals surface area contributed by atoms with E-state index in [1.54, 1.807) is 23.9 Å². The smallest absolute Gasteiger partial charge is 0.267 e. The summed E-state index contributed by atoms with van der Waals surface area (Å²) in [5.41, 5.74) is 2.58. The summed E-state index contributed by atoms with van der Waals surface area (Å²) >= 11 is 0. The number of nitrogens with one attached hydrogen (secondary N) is 1. The van der Waals surface area contributed by atoms with E-state index in [4.69, 9.17) is 5.26 Å². The molecule has 6 heteroatoms. The van der Waals surface area contributed by atoms with Crippen LogP contribution in [0.5, 0.6) is 0 Å². The summed E-state index contributed by atoms with van der Waals surface area (Å²) in [4.78, 5) is 11.5. The number of aromatic nitrogens is 4. The number of para-hydroxylation sites is 1. The van der Waals surface area contributed by atoms with Gasteiger partial charge in [-0.2, -0.15) is 15.5 Å². The molecule has 2 aromatic heterocycles. The zero-order valence-electron chi connectivity index (χ0n) is 12.4. The second-order valence-corrected chi connectivity index (χ2v) is 4.94. The average Bonchev–Trinajstić information content (AvgIpc) is 3.04. The van der Waals surface area contributed by atoms with Gasteiger partial charge in [-0.25, -0.2) is 9.78 Å². The molecule has 0 amide bonds. The quantitative estimate of drug-likeness (QED) is 0.804. The Bertz CT molecular complexity index is 961. The molecule has 3 rings (SSSR count). The normalized spacial score (nSPS) is 10.8. The third-order valence-electron chi connectivity index (χ3n) is 3.43. The summed E-state index contributed by atoms with van der Waals surface area (Å²) in [5.74, 6) is 0. The standard InChI is InChI=1S/C17H13N5O/c1-12-15(9-18)17(23)21-20-16(12)8-7-13-10-19-22(11-13)14-5-3-2-4-6-14/h2-8,10-11H,1H3,(H,21,23)/b8-7+. The van der Waals surface area contributed by atoms with E-state index in [9.17, 15) is 4.79 Å². The summed E-state index contributed by atoms with van der Waals surface area (Å²) in [6.07, 6.45) is 7.20. The highest BCUT2D eigenvalue weighted by molar-refractivity contribution is 5.69. The number of hydrogen-bond donors (Lipinski definition) is 1. The van der Waals surface area contributed by atoms with Gasteiger partial charge in [-0.05, 0) is 36.8 Å². The highest BCUT2D eigenvalue weighted by atomic mass is 16.1. The lowest BCUT2D eigenvalue weighted by atomic mass is 10.1. The van der Waals surface area contributed by atoms with Crippen molar-refractivity contribution in [3.63, 3.8) is 0 Å². The number of nitrogens with zero attached hydrogens (tertiary/aromatic N) is 4. The van der Waals surface area contributed by atoms with Gasteiger partial charge < -0.3 is 0 Å². The molecule has 0 fully saturated rings.